The summed E-state index contributed by atoms with van der Waals surface area (Å²) in [5, 5.41) is 4.16. The standard InChI is InChI=1S/C5H9N2P.C2H6/c1-7-4-3-5(6-7)8-2;1-2/h3-4,8H,1-2H3;1-2H3. The summed E-state index contributed by atoms with van der Waals surface area (Å²) < 4.78 is 1.83. The zero-order valence-electron chi connectivity index (χ0n) is 7.05. The van der Waals surface area contributed by atoms with E-state index >= 15 is 0 Å². The van der Waals surface area contributed by atoms with Gasteiger partial charge in [-0.15, -0.1) is 0 Å². The monoisotopic (exact) mass is 158 g/mol. The van der Waals surface area contributed by atoms with Crippen LogP contribution in [0.3, 0.4) is 0 Å². The van der Waals surface area contributed by atoms with Crippen LogP contribution in [-0.4, -0.2) is 16.4 Å². The molecule has 2 nitrogen and oxygen atoms in total. The van der Waals surface area contributed by atoms with E-state index in [4.69, 9.17) is 0 Å². The summed E-state index contributed by atoms with van der Waals surface area (Å²) in [7, 11) is 2.75. The molecular formula is C7H15N2P. The molecule has 58 valence electrons. The molecule has 0 saturated carbocycles. The second-order valence-electron chi connectivity index (χ2n) is 1.62. The van der Waals surface area contributed by atoms with Gasteiger partial charge in [0.2, 0.25) is 0 Å². The number of hydrogen-bond donors (Lipinski definition) is 0. The molecule has 1 rings (SSSR count). The van der Waals surface area contributed by atoms with Gasteiger partial charge in [-0.3, -0.25) is 4.68 Å². The molecule has 3 heteroatoms. The molecule has 0 aliphatic heterocycles. The summed E-state index contributed by atoms with van der Waals surface area (Å²) in [6.45, 7) is 6.13. The number of aromatic nitrogens is 2. The molecule has 0 aromatic carbocycles. The third kappa shape index (κ3) is 2.98. The molecule has 0 radical (unpaired) electrons. The fraction of sp³-hybridized carbons (Fsp3) is 0.571. The number of nitrogens with zero attached hydrogens (tertiary/aromatic N) is 2. The second kappa shape index (κ2) is 5.43. The van der Waals surface area contributed by atoms with E-state index in [-0.39, 0.29) is 0 Å². The molecular weight excluding hydrogens is 143 g/mol. The Morgan fingerprint density at radius 2 is 2.10 bits per heavy atom. The van der Waals surface area contributed by atoms with E-state index in [0.29, 0.717) is 0 Å². The van der Waals surface area contributed by atoms with E-state index < -0.39 is 0 Å². The Morgan fingerprint density at radius 1 is 1.50 bits per heavy atom. The molecule has 1 unspecified atom stereocenters. The highest BCUT2D eigenvalue weighted by molar-refractivity contribution is 7.45. The average molecular weight is 158 g/mol. The van der Waals surface area contributed by atoms with Crippen molar-refractivity contribution in [2.75, 3.05) is 6.66 Å². The molecule has 0 saturated heterocycles. The van der Waals surface area contributed by atoms with Crippen molar-refractivity contribution in [2.45, 2.75) is 13.8 Å². The van der Waals surface area contributed by atoms with Gasteiger partial charge in [0.05, 0.1) is 5.44 Å². The van der Waals surface area contributed by atoms with E-state index in [9.17, 15) is 0 Å². The maximum atomic E-state index is 4.16. The number of rotatable bonds is 1. The quantitative estimate of drug-likeness (QED) is 0.564. The van der Waals surface area contributed by atoms with Crippen LogP contribution < -0.4 is 5.44 Å². The van der Waals surface area contributed by atoms with Crippen LogP contribution in [0, 0.1) is 0 Å². The highest BCUT2D eigenvalue weighted by atomic mass is 31.1. The lowest BCUT2D eigenvalue weighted by atomic mass is 10.7. The van der Waals surface area contributed by atoms with Crippen molar-refractivity contribution in [3.8, 4) is 0 Å². The van der Waals surface area contributed by atoms with Gasteiger partial charge in [0.15, 0.2) is 0 Å². The minimum absolute atomic E-state index is 0.819. The molecule has 0 spiro atoms. The molecule has 1 atom stereocenters. The Balaban J connectivity index is 0.000000371. The van der Waals surface area contributed by atoms with Gasteiger partial charge < -0.3 is 0 Å². The topological polar surface area (TPSA) is 17.8 Å². The lowest BCUT2D eigenvalue weighted by Crippen LogP contribution is -1.97. The van der Waals surface area contributed by atoms with Crippen molar-refractivity contribution in [3.63, 3.8) is 0 Å². The fourth-order valence-corrected chi connectivity index (χ4v) is 1.05. The van der Waals surface area contributed by atoms with E-state index in [1.165, 1.54) is 5.44 Å². The molecule has 0 aliphatic carbocycles. The second-order valence-corrected chi connectivity index (χ2v) is 2.64. The molecule has 0 amide bonds. The summed E-state index contributed by atoms with van der Waals surface area (Å²) in [6, 6.07) is 2.04. The van der Waals surface area contributed by atoms with Gasteiger partial charge in [-0.05, 0) is 12.7 Å². The third-order valence-electron chi connectivity index (χ3n) is 0.970. The third-order valence-corrected chi connectivity index (χ3v) is 1.75. The zero-order chi connectivity index (χ0) is 7.98. The van der Waals surface area contributed by atoms with Gasteiger partial charge in [0, 0.05) is 13.2 Å². The summed E-state index contributed by atoms with van der Waals surface area (Å²) >= 11 is 0. The van der Waals surface area contributed by atoms with E-state index in [1.54, 1.807) is 0 Å². The first-order chi connectivity index (χ1) is 4.83. The Kier molecular flexibility index (Phi) is 5.23. The maximum absolute atomic E-state index is 4.16. The molecule has 1 aromatic rings. The summed E-state index contributed by atoms with van der Waals surface area (Å²) in [5.74, 6) is 0. The predicted molar refractivity (Wildman–Crippen MR) is 48.4 cm³/mol. The zero-order valence-corrected chi connectivity index (χ0v) is 8.05. The van der Waals surface area contributed by atoms with Gasteiger partial charge in [-0.25, -0.2) is 0 Å². The van der Waals surface area contributed by atoms with Crippen molar-refractivity contribution in [3.05, 3.63) is 12.3 Å². The Hall–Kier alpha value is -0.360. The van der Waals surface area contributed by atoms with Crippen LogP contribution in [0.1, 0.15) is 13.8 Å². The van der Waals surface area contributed by atoms with Crippen LogP contribution in [0.5, 0.6) is 0 Å². The first kappa shape index (κ1) is 9.64. The van der Waals surface area contributed by atoms with Crippen LogP contribution >= 0.6 is 8.58 Å². The van der Waals surface area contributed by atoms with Crippen LogP contribution in [-0.2, 0) is 7.05 Å². The van der Waals surface area contributed by atoms with Gasteiger partial charge in [0.25, 0.3) is 0 Å². The SMILES string of the molecule is CC.CPc1ccn(C)n1. The van der Waals surface area contributed by atoms with E-state index in [1.807, 2.05) is 37.8 Å². The van der Waals surface area contributed by atoms with Gasteiger partial charge in [0.1, 0.15) is 0 Å². The van der Waals surface area contributed by atoms with Crippen LogP contribution in [0.4, 0.5) is 0 Å². The Labute approximate surface area is 64.4 Å². The first-order valence-corrected chi connectivity index (χ1v) is 5.00. The van der Waals surface area contributed by atoms with Crippen LogP contribution in [0.25, 0.3) is 0 Å². The lowest BCUT2D eigenvalue weighted by Gasteiger charge is -1.83. The van der Waals surface area contributed by atoms with E-state index in [2.05, 4.69) is 11.8 Å². The summed E-state index contributed by atoms with van der Waals surface area (Å²) in [4.78, 5) is 0. The van der Waals surface area contributed by atoms with E-state index in [0.717, 1.165) is 8.58 Å². The molecule has 0 bridgehead atoms. The molecule has 1 aromatic heterocycles. The van der Waals surface area contributed by atoms with Crippen molar-refractivity contribution in [2.24, 2.45) is 7.05 Å². The predicted octanol–water partition coefficient (Wildman–Crippen LogP) is 1.38. The average Bonchev–Trinajstić information content (AvgIpc) is 2.40. The molecule has 0 N–H and O–H groups in total. The smallest absolute Gasteiger partial charge is 0.0817 e. The molecule has 0 fully saturated rings. The number of hydrogen-bond acceptors (Lipinski definition) is 1. The van der Waals surface area contributed by atoms with Crippen molar-refractivity contribution in [1.29, 1.82) is 0 Å². The molecule has 1 heterocycles. The molecule has 0 aliphatic rings. The number of aryl methyl sites for hydroxylation is 1. The fourth-order valence-electron chi connectivity index (χ4n) is 0.548. The van der Waals surface area contributed by atoms with Gasteiger partial charge in [-0.2, -0.15) is 5.10 Å². The lowest BCUT2D eigenvalue weighted by molar-refractivity contribution is 0.776. The first-order valence-electron chi connectivity index (χ1n) is 3.50. The maximum Gasteiger partial charge on any atom is 0.0817 e. The van der Waals surface area contributed by atoms with Crippen LogP contribution in [0.2, 0.25) is 0 Å². The van der Waals surface area contributed by atoms with Crippen molar-refractivity contribution in [1.82, 2.24) is 9.78 Å². The van der Waals surface area contributed by atoms with Gasteiger partial charge in [-0.1, -0.05) is 22.4 Å². The highest BCUT2D eigenvalue weighted by Crippen LogP contribution is 1.98. The minimum Gasteiger partial charge on any atom is -0.275 e. The van der Waals surface area contributed by atoms with Crippen molar-refractivity contribution >= 4 is 14.0 Å². The summed E-state index contributed by atoms with van der Waals surface area (Å²) in [6.07, 6.45) is 1.96. The highest BCUT2D eigenvalue weighted by Gasteiger charge is 1.88. The summed E-state index contributed by atoms with van der Waals surface area (Å²) in [5.41, 5.74) is 1.19. The van der Waals surface area contributed by atoms with Crippen LogP contribution in [0.15, 0.2) is 12.3 Å². The van der Waals surface area contributed by atoms with Gasteiger partial charge >= 0.3 is 0 Å². The minimum atomic E-state index is 0.819. The molecule has 10 heavy (non-hydrogen) atoms. The van der Waals surface area contributed by atoms with Crippen molar-refractivity contribution < 1.29 is 0 Å². The Morgan fingerprint density at radius 3 is 2.30 bits per heavy atom. The largest absolute Gasteiger partial charge is 0.275 e. The normalized spacial score (nSPS) is 9.60. The Bertz CT molecular complexity index is 172.